The van der Waals surface area contributed by atoms with E-state index < -0.39 is 0 Å². The van der Waals surface area contributed by atoms with Gasteiger partial charge in [0.15, 0.2) is 0 Å². The number of amides is 1. The second-order valence-electron chi connectivity index (χ2n) is 4.70. The molecule has 94 valence electrons. The zero-order valence-corrected chi connectivity index (χ0v) is 11.7. The van der Waals surface area contributed by atoms with E-state index in [9.17, 15) is 4.79 Å². The van der Waals surface area contributed by atoms with Gasteiger partial charge in [-0.25, -0.2) is 0 Å². The Morgan fingerprint density at radius 2 is 1.83 bits per heavy atom. The highest BCUT2D eigenvalue weighted by Gasteiger charge is 2.38. The van der Waals surface area contributed by atoms with Crippen molar-refractivity contribution in [1.29, 1.82) is 0 Å². The normalized spacial score (nSPS) is 17.8. The summed E-state index contributed by atoms with van der Waals surface area (Å²) < 4.78 is 0. The Labute approximate surface area is 115 Å². The maximum absolute atomic E-state index is 12.3. The average molecular weight is 277 g/mol. The van der Waals surface area contributed by atoms with Crippen LogP contribution in [0.4, 0.5) is 0 Å². The molecule has 0 aliphatic heterocycles. The molecule has 2 nitrogen and oxygen atoms in total. The van der Waals surface area contributed by atoms with Crippen molar-refractivity contribution in [2.45, 2.75) is 31.2 Å². The largest absolute Gasteiger partial charge is 0.341 e. The summed E-state index contributed by atoms with van der Waals surface area (Å²) in [6.45, 7) is 0. The lowest BCUT2D eigenvalue weighted by molar-refractivity contribution is 0.0904. The Hall–Kier alpha value is -1.13. The van der Waals surface area contributed by atoms with Gasteiger partial charge in [-0.3, -0.25) is 4.79 Å². The average Bonchev–Trinajstić information content (AvgIpc) is 3.12. The van der Waals surface area contributed by atoms with Crippen LogP contribution >= 0.6 is 22.7 Å². The molecule has 0 saturated heterocycles. The van der Waals surface area contributed by atoms with Gasteiger partial charge in [-0.2, -0.15) is 0 Å². The molecule has 1 fully saturated rings. The van der Waals surface area contributed by atoms with Crippen molar-refractivity contribution in [3.8, 4) is 0 Å². The summed E-state index contributed by atoms with van der Waals surface area (Å²) >= 11 is 3.25. The van der Waals surface area contributed by atoms with Crippen molar-refractivity contribution in [2.24, 2.45) is 0 Å². The number of carbonyl (C=O) groups is 1. The summed E-state index contributed by atoms with van der Waals surface area (Å²) in [5.41, 5.74) is -0.116. The summed E-state index contributed by atoms with van der Waals surface area (Å²) in [6, 6.07) is 8.02. The number of carbonyl (C=O) groups excluding carboxylic acids is 1. The minimum atomic E-state index is -0.116. The van der Waals surface area contributed by atoms with E-state index in [1.807, 2.05) is 17.5 Å². The molecule has 1 aliphatic rings. The number of thiophene rings is 2. The summed E-state index contributed by atoms with van der Waals surface area (Å²) in [5.74, 6) is 0.0697. The van der Waals surface area contributed by atoms with Crippen molar-refractivity contribution in [3.63, 3.8) is 0 Å². The first kappa shape index (κ1) is 11.9. The van der Waals surface area contributed by atoms with Gasteiger partial charge in [-0.1, -0.05) is 25.0 Å². The standard InChI is InChI=1S/C14H15NOS2/c16-13(11-5-3-9-17-11)15-14(7-1-2-8-14)12-6-4-10-18-12/h3-6,9-10H,1-2,7-8H2,(H,15,16). The minimum absolute atomic E-state index is 0.0697. The molecule has 0 radical (unpaired) electrons. The Morgan fingerprint density at radius 1 is 1.11 bits per heavy atom. The quantitative estimate of drug-likeness (QED) is 0.902. The second-order valence-corrected chi connectivity index (χ2v) is 6.59. The third-order valence-electron chi connectivity index (χ3n) is 3.55. The Bertz CT molecular complexity index is 510. The highest BCUT2D eigenvalue weighted by Crippen LogP contribution is 2.41. The molecule has 3 rings (SSSR count). The number of nitrogens with one attached hydrogen (secondary N) is 1. The molecule has 4 heteroatoms. The van der Waals surface area contributed by atoms with Crippen LogP contribution in [0.3, 0.4) is 0 Å². The molecule has 1 saturated carbocycles. The zero-order valence-electron chi connectivity index (χ0n) is 10.0. The molecule has 0 bridgehead atoms. The molecule has 0 spiro atoms. The number of hydrogen-bond donors (Lipinski definition) is 1. The predicted octanol–water partition coefficient (Wildman–Crippen LogP) is 4.01. The fraction of sp³-hybridized carbons (Fsp3) is 0.357. The lowest BCUT2D eigenvalue weighted by atomic mass is 9.95. The van der Waals surface area contributed by atoms with Gasteiger partial charge in [-0.05, 0) is 35.7 Å². The van der Waals surface area contributed by atoms with E-state index in [0.29, 0.717) is 0 Å². The van der Waals surface area contributed by atoms with Crippen LogP contribution in [-0.2, 0) is 5.54 Å². The molecular weight excluding hydrogens is 262 g/mol. The molecule has 1 N–H and O–H groups in total. The molecule has 1 aliphatic carbocycles. The SMILES string of the molecule is O=C(NC1(c2cccs2)CCCC1)c1cccs1. The highest BCUT2D eigenvalue weighted by atomic mass is 32.1. The summed E-state index contributed by atoms with van der Waals surface area (Å²) in [5, 5.41) is 7.31. The summed E-state index contributed by atoms with van der Waals surface area (Å²) in [4.78, 5) is 14.4. The van der Waals surface area contributed by atoms with Crippen molar-refractivity contribution >= 4 is 28.6 Å². The minimum Gasteiger partial charge on any atom is -0.341 e. The zero-order chi connectivity index (χ0) is 12.4. The van der Waals surface area contributed by atoms with Crippen LogP contribution in [0.5, 0.6) is 0 Å². The van der Waals surface area contributed by atoms with E-state index in [2.05, 4.69) is 22.8 Å². The van der Waals surface area contributed by atoms with E-state index in [-0.39, 0.29) is 11.4 Å². The fourth-order valence-electron chi connectivity index (χ4n) is 2.65. The van der Waals surface area contributed by atoms with Gasteiger partial charge in [0, 0.05) is 4.88 Å². The number of rotatable bonds is 3. The van der Waals surface area contributed by atoms with E-state index in [1.54, 1.807) is 11.3 Å². The number of hydrogen-bond acceptors (Lipinski definition) is 3. The molecule has 0 atom stereocenters. The van der Waals surface area contributed by atoms with Gasteiger partial charge in [0.25, 0.3) is 5.91 Å². The van der Waals surface area contributed by atoms with Crippen molar-refractivity contribution in [3.05, 3.63) is 44.8 Å². The van der Waals surface area contributed by atoms with E-state index >= 15 is 0 Å². The third-order valence-corrected chi connectivity index (χ3v) is 5.49. The van der Waals surface area contributed by atoms with Crippen LogP contribution in [0.1, 0.15) is 40.2 Å². The van der Waals surface area contributed by atoms with Gasteiger partial charge in [-0.15, -0.1) is 22.7 Å². The molecule has 2 aromatic heterocycles. The maximum Gasteiger partial charge on any atom is 0.262 e. The van der Waals surface area contributed by atoms with Crippen LogP contribution in [0.15, 0.2) is 35.0 Å². The monoisotopic (exact) mass is 277 g/mol. The first-order valence-electron chi connectivity index (χ1n) is 6.20. The summed E-state index contributed by atoms with van der Waals surface area (Å²) in [6.07, 6.45) is 4.51. The molecule has 2 heterocycles. The Morgan fingerprint density at radius 3 is 2.44 bits per heavy atom. The van der Waals surface area contributed by atoms with Gasteiger partial charge in [0.1, 0.15) is 0 Å². The molecule has 2 aromatic rings. The third kappa shape index (κ3) is 2.10. The topological polar surface area (TPSA) is 29.1 Å². The van der Waals surface area contributed by atoms with Gasteiger partial charge in [0.2, 0.25) is 0 Å². The predicted molar refractivity (Wildman–Crippen MR) is 76.3 cm³/mol. The van der Waals surface area contributed by atoms with Crippen LogP contribution in [0, 0.1) is 0 Å². The molecule has 1 amide bonds. The first-order chi connectivity index (χ1) is 8.80. The van der Waals surface area contributed by atoms with Gasteiger partial charge >= 0.3 is 0 Å². The van der Waals surface area contributed by atoms with Crippen LogP contribution in [0.25, 0.3) is 0 Å². The first-order valence-corrected chi connectivity index (χ1v) is 7.96. The van der Waals surface area contributed by atoms with Crippen molar-refractivity contribution in [2.75, 3.05) is 0 Å². The second kappa shape index (κ2) is 4.86. The van der Waals surface area contributed by atoms with Crippen molar-refractivity contribution < 1.29 is 4.79 Å². The summed E-state index contributed by atoms with van der Waals surface area (Å²) in [7, 11) is 0. The molecule has 0 aromatic carbocycles. The molecule has 18 heavy (non-hydrogen) atoms. The lowest BCUT2D eigenvalue weighted by Crippen LogP contribution is -2.42. The maximum atomic E-state index is 12.3. The smallest absolute Gasteiger partial charge is 0.262 e. The van der Waals surface area contributed by atoms with Crippen LogP contribution in [0.2, 0.25) is 0 Å². The van der Waals surface area contributed by atoms with E-state index in [4.69, 9.17) is 0 Å². The Balaban J connectivity index is 1.85. The fourth-order valence-corrected chi connectivity index (χ4v) is 4.21. The van der Waals surface area contributed by atoms with Crippen LogP contribution in [-0.4, -0.2) is 5.91 Å². The van der Waals surface area contributed by atoms with E-state index in [1.165, 1.54) is 29.1 Å². The molecular formula is C14H15NOS2. The Kier molecular flexibility index (Phi) is 3.22. The van der Waals surface area contributed by atoms with Crippen molar-refractivity contribution in [1.82, 2.24) is 5.32 Å². The van der Waals surface area contributed by atoms with Gasteiger partial charge in [0.05, 0.1) is 10.4 Å². The molecule has 0 unspecified atom stereocenters. The van der Waals surface area contributed by atoms with Crippen LogP contribution < -0.4 is 5.32 Å². The lowest BCUT2D eigenvalue weighted by Gasteiger charge is -2.29. The highest BCUT2D eigenvalue weighted by molar-refractivity contribution is 7.12. The van der Waals surface area contributed by atoms with Gasteiger partial charge < -0.3 is 5.32 Å². The van der Waals surface area contributed by atoms with E-state index in [0.717, 1.165) is 17.7 Å².